The monoisotopic (exact) mass is 907 g/mol. The number of sulfonamides is 1. The summed E-state index contributed by atoms with van der Waals surface area (Å²) in [6, 6.07) is 21.7. The van der Waals surface area contributed by atoms with Crippen molar-refractivity contribution >= 4 is 56.5 Å². The van der Waals surface area contributed by atoms with Crippen LogP contribution in [0, 0.1) is 26.9 Å². The first-order valence-electron chi connectivity index (χ1n) is 21.3. The van der Waals surface area contributed by atoms with Crippen molar-refractivity contribution in [1.29, 1.82) is 5.26 Å². The van der Waals surface area contributed by atoms with Crippen LogP contribution in [0.3, 0.4) is 0 Å². The average molecular weight is 908 g/mol. The van der Waals surface area contributed by atoms with Crippen LogP contribution in [0.4, 0.5) is 17.2 Å². The first kappa shape index (κ1) is 44.7. The molecule has 64 heavy (non-hydrogen) atoms. The van der Waals surface area contributed by atoms with Crippen LogP contribution in [0.25, 0.3) is 5.57 Å². The van der Waals surface area contributed by atoms with Crippen molar-refractivity contribution in [1.82, 2.24) is 19.5 Å². The molecule has 2 saturated heterocycles. The molecule has 334 valence electrons. The highest BCUT2D eigenvalue weighted by molar-refractivity contribution is 7.90. The van der Waals surface area contributed by atoms with Crippen molar-refractivity contribution in [3.05, 3.63) is 116 Å². The summed E-state index contributed by atoms with van der Waals surface area (Å²) in [5.74, 6) is -0.572. The SMILES string of the molecule is CC1(C)CCC(CN2CCN(c3ccc(C(=O)NS(=O)(=O)c4cnc(NCC5CN(CC#N)CCO5)c([N+](=O)[O-])c4)c(Oc4cccc5c4C=NC5)c3)CC2)=C(c2ccc(Cl)cc2)C1. The molecule has 1 unspecified atom stereocenters. The van der Waals surface area contributed by atoms with E-state index < -0.39 is 31.4 Å². The standard InChI is InChI=1S/C46H50ClN9O7S/c1-46(2)13-12-33(39(24-46)31-6-8-34(47)9-7-31)29-54-16-18-55(19-17-54)35-10-11-38(43(22-35)63-42-5-3-4-32-25-49-28-40(32)42)45(57)52-64(60,61)37-23-41(56(58)59)44(51-27-37)50-26-36-30-53(15-14-48)20-21-62-36/h3-11,22-23,27-28,36H,12-13,15-21,24-26,29-30H2,1-2H3,(H,50,51)(H,52,57). The second-order valence-electron chi connectivity index (χ2n) is 17.3. The summed E-state index contributed by atoms with van der Waals surface area (Å²) in [6.45, 7) is 10.8. The molecule has 0 radical (unpaired) electrons. The number of allylic oxidation sites excluding steroid dienone is 1. The lowest BCUT2D eigenvalue weighted by Crippen LogP contribution is -2.47. The maximum absolute atomic E-state index is 14.0. The van der Waals surface area contributed by atoms with Gasteiger partial charge >= 0.3 is 5.69 Å². The van der Waals surface area contributed by atoms with Crippen molar-refractivity contribution in [2.24, 2.45) is 10.4 Å². The number of aliphatic imine (C=N–C) groups is 1. The maximum atomic E-state index is 14.0. The normalized spacial score (nSPS) is 18.9. The molecule has 1 aromatic heterocycles. The number of fused-ring (bicyclic) bond motifs is 1. The zero-order valence-corrected chi connectivity index (χ0v) is 37.3. The average Bonchev–Trinajstić information content (AvgIpc) is 3.77. The van der Waals surface area contributed by atoms with Crippen LogP contribution in [-0.4, -0.2) is 112 Å². The van der Waals surface area contributed by atoms with Gasteiger partial charge in [0.05, 0.1) is 48.6 Å². The van der Waals surface area contributed by atoms with Gasteiger partial charge in [0.15, 0.2) is 0 Å². The molecule has 4 aromatic rings. The Balaban J connectivity index is 0.995. The molecule has 4 aliphatic rings. The highest BCUT2D eigenvalue weighted by Gasteiger charge is 2.31. The summed E-state index contributed by atoms with van der Waals surface area (Å²) >= 11 is 6.24. The van der Waals surface area contributed by atoms with E-state index in [1.54, 1.807) is 24.4 Å². The van der Waals surface area contributed by atoms with E-state index in [1.807, 2.05) is 29.2 Å². The fourth-order valence-corrected chi connectivity index (χ4v) is 9.70. The largest absolute Gasteiger partial charge is 0.456 e. The molecular weight excluding hydrogens is 858 g/mol. The summed E-state index contributed by atoms with van der Waals surface area (Å²) in [6.07, 6.45) is 5.45. The minimum absolute atomic E-state index is 0.0564. The van der Waals surface area contributed by atoms with E-state index in [-0.39, 0.29) is 41.7 Å². The Morgan fingerprint density at radius 3 is 2.62 bits per heavy atom. The number of rotatable bonds is 14. The minimum Gasteiger partial charge on any atom is -0.456 e. The van der Waals surface area contributed by atoms with E-state index in [0.717, 1.165) is 73.0 Å². The number of ether oxygens (including phenoxy) is 2. The first-order chi connectivity index (χ1) is 30.7. The van der Waals surface area contributed by atoms with E-state index in [0.29, 0.717) is 45.1 Å². The molecule has 1 atom stereocenters. The number of nitriles is 1. The number of halogens is 1. The molecule has 0 spiro atoms. The Bertz CT molecular complexity index is 2640. The third-order valence-electron chi connectivity index (χ3n) is 12.2. The number of hydrogen-bond acceptors (Lipinski definition) is 14. The molecule has 1 amide bonds. The smallest absolute Gasteiger partial charge is 0.312 e. The van der Waals surface area contributed by atoms with Gasteiger partial charge in [0, 0.05) is 87.0 Å². The van der Waals surface area contributed by atoms with E-state index in [4.69, 9.17) is 26.3 Å². The predicted octanol–water partition coefficient (Wildman–Crippen LogP) is 6.91. The fourth-order valence-electron chi connectivity index (χ4n) is 8.65. The predicted molar refractivity (Wildman–Crippen MR) is 245 cm³/mol. The van der Waals surface area contributed by atoms with Gasteiger partial charge in [-0.2, -0.15) is 5.26 Å². The van der Waals surface area contributed by atoms with Crippen molar-refractivity contribution in [3.63, 3.8) is 0 Å². The maximum Gasteiger partial charge on any atom is 0.312 e. The van der Waals surface area contributed by atoms with Gasteiger partial charge in [-0.1, -0.05) is 55.3 Å². The molecule has 2 N–H and O–H groups in total. The van der Waals surface area contributed by atoms with Crippen molar-refractivity contribution in [2.75, 3.05) is 75.7 Å². The molecule has 4 heterocycles. The fraction of sp³-hybridized carbons (Fsp3) is 0.391. The lowest BCUT2D eigenvalue weighted by molar-refractivity contribution is -0.384. The number of nitro groups is 1. The Kier molecular flexibility index (Phi) is 13.3. The van der Waals surface area contributed by atoms with Crippen LogP contribution in [0.2, 0.25) is 5.02 Å². The van der Waals surface area contributed by atoms with E-state index in [1.165, 1.54) is 22.8 Å². The van der Waals surface area contributed by atoms with Crippen LogP contribution in [-0.2, 0) is 21.3 Å². The summed E-state index contributed by atoms with van der Waals surface area (Å²) < 4.78 is 41.7. The summed E-state index contributed by atoms with van der Waals surface area (Å²) in [5.41, 5.74) is 6.16. The molecule has 2 fully saturated rings. The molecule has 0 saturated carbocycles. The van der Waals surface area contributed by atoms with Crippen LogP contribution in [0.15, 0.2) is 88.4 Å². The van der Waals surface area contributed by atoms with E-state index >= 15 is 0 Å². The van der Waals surface area contributed by atoms with Gasteiger partial charge in [0.1, 0.15) is 16.4 Å². The van der Waals surface area contributed by atoms with Crippen molar-refractivity contribution in [2.45, 2.75) is 50.7 Å². The Morgan fingerprint density at radius 2 is 1.86 bits per heavy atom. The number of benzene rings is 3. The highest BCUT2D eigenvalue weighted by atomic mass is 35.5. The van der Waals surface area contributed by atoms with Crippen LogP contribution < -0.4 is 19.7 Å². The number of hydrogen-bond donors (Lipinski definition) is 2. The van der Waals surface area contributed by atoms with Gasteiger partial charge in [0.25, 0.3) is 15.9 Å². The Morgan fingerprint density at radius 1 is 1.06 bits per heavy atom. The van der Waals surface area contributed by atoms with Gasteiger partial charge in [-0.15, -0.1) is 0 Å². The molecule has 8 rings (SSSR count). The number of anilines is 2. The van der Waals surface area contributed by atoms with Gasteiger partial charge in [-0.25, -0.2) is 18.1 Å². The van der Waals surface area contributed by atoms with E-state index in [9.17, 15) is 23.3 Å². The zero-order chi connectivity index (χ0) is 45.0. The molecule has 16 nitrogen and oxygen atoms in total. The highest BCUT2D eigenvalue weighted by Crippen LogP contribution is 2.43. The lowest BCUT2D eigenvalue weighted by Gasteiger charge is -2.39. The minimum atomic E-state index is -4.67. The van der Waals surface area contributed by atoms with Crippen LogP contribution >= 0.6 is 11.6 Å². The number of morpholine rings is 1. The van der Waals surface area contributed by atoms with Crippen LogP contribution in [0.5, 0.6) is 11.5 Å². The first-order valence-corrected chi connectivity index (χ1v) is 23.2. The quantitative estimate of drug-likeness (QED) is 0.0754. The molecule has 0 bridgehead atoms. The van der Waals surface area contributed by atoms with Gasteiger partial charge in [-0.05, 0) is 71.7 Å². The second kappa shape index (κ2) is 19.1. The topological polar surface area (TPSA) is 196 Å². The molecule has 18 heteroatoms. The summed E-state index contributed by atoms with van der Waals surface area (Å²) in [5, 5.41) is 24.8. The van der Waals surface area contributed by atoms with E-state index in [2.05, 4.69) is 61.9 Å². The molecule has 1 aliphatic carbocycles. The molecule has 3 aromatic carbocycles. The number of piperazine rings is 1. The lowest BCUT2D eigenvalue weighted by atomic mass is 9.72. The Labute approximate surface area is 377 Å². The number of nitrogens with zero attached hydrogens (tertiary/aromatic N) is 7. The number of carbonyl (C=O) groups excluding carboxylic acids is 1. The Hall–Kier alpha value is -5.90. The third kappa shape index (κ3) is 10.4. The van der Waals surface area contributed by atoms with Gasteiger partial charge in [-0.3, -0.25) is 29.7 Å². The van der Waals surface area contributed by atoms with Gasteiger partial charge in [0.2, 0.25) is 5.82 Å². The number of amides is 1. The van der Waals surface area contributed by atoms with Crippen molar-refractivity contribution < 1.29 is 27.6 Å². The van der Waals surface area contributed by atoms with Gasteiger partial charge < -0.3 is 19.7 Å². The molecular formula is C46H50ClN9O7S. The summed E-state index contributed by atoms with van der Waals surface area (Å²) in [7, 11) is -4.67. The number of aromatic nitrogens is 1. The molecule has 3 aliphatic heterocycles. The van der Waals surface area contributed by atoms with Crippen LogP contribution in [0.1, 0.15) is 60.2 Å². The number of pyridine rings is 1. The second-order valence-corrected chi connectivity index (χ2v) is 19.4. The third-order valence-corrected chi connectivity index (χ3v) is 13.7. The summed E-state index contributed by atoms with van der Waals surface area (Å²) in [4.78, 5) is 39.8. The van der Waals surface area contributed by atoms with Crippen molar-refractivity contribution in [3.8, 4) is 17.6 Å². The number of carbonyl (C=O) groups is 1. The number of nitrogens with one attached hydrogen (secondary N) is 2. The zero-order valence-electron chi connectivity index (χ0n) is 35.8.